The molecular formula is C15H7F3N4. The average Bonchev–Trinajstić information content (AvgIpc) is 3.01. The molecule has 0 spiro atoms. The zero-order valence-electron chi connectivity index (χ0n) is 10.9. The van der Waals surface area contributed by atoms with Crippen LogP contribution in [0.5, 0.6) is 0 Å². The second-order valence-electron chi connectivity index (χ2n) is 4.45. The third kappa shape index (κ3) is 2.20. The van der Waals surface area contributed by atoms with E-state index >= 15 is 0 Å². The molecule has 0 amide bonds. The number of halogens is 3. The minimum Gasteiger partial charge on any atom is -0.247 e. The van der Waals surface area contributed by atoms with E-state index in [-0.39, 0.29) is 11.3 Å². The first-order valence-corrected chi connectivity index (χ1v) is 6.17. The van der Waals surface area contributed by atoms with Gasteiger partial charge < -0.3 is 0 Å². The molecule has 1 heterocycles. The van der Waals surface area contributed by atoms with E-state index in [1.54, 1.807) is 18.2 Å². The lowest BCUT2D eigenvalue weighted by Gasteiger charge is -2.06. The number of nitrogens with one attached hydrogen (secondary N) is 1. The number of rotatable bonds is 2. The van der Waals surface area contributed by atoms with Gasteiger partial charge in [0.05, 0.1) is 0 Å². The topological polar surface area (TPSA) is 65.4 Å². The summed E-state index contributed by atoms with van der Waals surface area (Å²) in [6.07, 6.45) is 0. The molecule has 3 aromatic rings. The minimum absolute atomic E-state index is 0.0808. The Bertz CT molecular complexity index is 896. The fourth-order valence-corrected chi connectivity index (χ4v) is 2.09. The van der Waals surface area contributed by atoms with E-state index in [1.165, 1.54) is 6.07 Å². The van der Waals surface area contributed by atoms with Gasteiger partial charge in [-0.15, -0.1) is 5.10 Å². The van der Waals surface area contributed by atoms with E-state index in [2.05, 4.69) is 15.4 Å². The molecule has 4 nitrogen and oxygen atoms in total. The summed E-state index contributed by atoms with van der Waals surface area (Å²) in [5.41, 5.74) is 1.21. The van der Waals surface area contributed by atoms with Crippen molar-refractivity contribution in [2.45, 2.75) is 0 Å². The molecule has 108 valence electrons. The molecule has 1 N–H and O–H groups in total. The van der Waals surface area contributed by atoms with E-state index in [0.717, 1.165) is 12.1 Å². The van der Waals surface area contributed by atoms with Crippen LogP contribution >= 0.6 is 0 Å². The monoisotopic (exact) mass is 300 g/mol. The standard InChI is InChI=1S/C15H7F3N4/c16-11-5-4-10(13(17)14(11)18)8-2-1-3-9(6-8)15-12(7-19)20-22-21-15/h1-6H,(H,20,21,22). The van der Waals surface area contributed by atoms with Gasteiger partial charge in [0.2, 0.25) is 0 Å². The lowest BCUT2D eigenvalue weighted by molar-refractivity contribution is 0.449. The third-order valence-corrected chi connectivity index (χ3v) is 3.14. The summed E-state index contributed by atoms with van der Waals surface area (Å²) in [5, 5.41) is 18.7. The van der Waals surface area contributed by atoms with Crippen LogP contribution < -0.4 is 0 Å². The molecule has 0 bridgehead atoms. The van der Waals surface area contributed by atoms with Gasteiger partial charge in [-0.25, -0.2) is 18.3 Å². The highest BCUT2D eigenvalue weighted by Gasteiger charge is 2.16. The van der Waals surface area contributed by atoms with Crippen LogP contribution in [0.2, 0.25) is 0 Å². The van der Waals surface area contributed by atoms with Crippen molar-refractivity contribution in [2.75, 3.05) is 0 Å². The Morgan fingerprint density at radius 2 is 1.77 bits per heavy atom. The SMILES string of the molecule is N#Cc1[nH]nnc1-c1cccc(-c2ccc(F)c(F)c2F)c1. The fourth-order valence-electron chi connectivity index (χ4n) is 2.09. The molecule has 0 fully saturated rings. The van der Waals surface area contributed by atoms with Crippen molar-refractivity contribution in [2.24, 2.45) is 0 Å². The molecule has 0 unspecified atom stereocenters. The second kappa shape index (κ2) is 5.33. The maximum Gasteiger partial charge on any atom is 0.195 e. The highest BCUT2D eigenvalue weighted by Crippen LogP contribution is 2.29. The van der Waals surface area contributed by atoms with Gasteiger partial charge in [-0.2, -0.15) is 5.26 Å². The van der Waals surface area contributed by atoms with Crippen LogP contribution in [0.1, 0.15) is 5.69 Å². The molecule has 7 heteroatoms. The number of nitrogens with zero attached hydrogens (tertiary/aromatic N) is 3. The Morgan fingerprint density at radius 1 is 1.00 bits per heavy atom. The molecule has 0 saturated carbocycles. The second-order valence-corrected chi connectivity index (χ2v) is 4.45. The van der Waals surface area contributed by atoms with Crippen LogP contribution in [0.25, 0.3) is 22.4 Å². The maximum absolute atomic E-state index is 13.9. The molecular weight excluding hydrogens is 293 g/mol. The summed E-state index contributed by atoms with van der Waals surface area (Å²) in [7, 11) is 0. The van der Waals surface area contributed by atoms with Crippen LogP contribution in [0.4, 0.5) is 13.2 Å². The quantitative estimate of drug-likeness (QED) is 0.737. The summed E-state index contributed by atoms with van der Waals surface area (Å²) in [6.45, 7) is 0. The number of H-pyrrole nitrogens is 1. The van der Waals surface area contributed by atoms with Crippen molar-refractivity contribution in [3.63, 3.8) is 0 Å². The lowest BCUT2D eigenvalue weighted by Crippen LogP contribution is -1.94. The normalized spacial score (nSPS) is 10.5. The first-order chi connectivity index (χ1) is 10.6. The smallest absolute Gasteiger partial charge is 0.195 e. The molecule has 0 aliphatic rings. The Hall–Kier alpha value is -3.14. The summed E-state index contributed by atoms with van der Waals surface area (Å²) < 4.78 is 40.2. The Morgan fingerprint density at radius 3 is 2.55 bits per heavy atom. The van der Waals surface area contributed by atoms with Crippen molar-refractivity contribution >= 4 is 0 Å². The maximum atomic E-state index is 13.9. The van der Waals surface area contributed by atoms with Gasteiger partial charge in [-0.3, -0.25) is 0 Å². The number of aromatic nitrogens is 3. The molecule has 1 aromatic heterocycles. The summed E-state index contributed by atoms with van der Waals surface area (Å²) in [4.78, 5) is 0. The van der Waals surface area contributed by atoms with Crippen LogP contribution in [0, 0.1) is 28.8 Å². The third-order valence-electron chi connectivity index (χ3n) is 3.14. The number of benzene rings is 2. The van der Waals surface area contributed by atoms with Gasteiger partial charge in [-0.1, -0.05) is 23.4 Å². The molecule has 22 heavy (non-hydrogen) atoms. The van der Waals surface area contributed by atoms with Gasteiger partial charge in [0, 0.05) is 11.1 Å². The molecule has 0 radical (unpaired) electrons. The van der Waals surface area contributed by atoms with Crippen LogP contribution in [0.15, 0.2) is 36.4 Å². The van der Waals surface area contributed by atoms with E-state index in [4.69, 9.17) is 5.26 Å². The number of hydrogen-bond donors (Lipinski definition) is 1. The van der Waals surface area contributed by atoms with Gasteiger partial charge in [0.1, 0.15) is 11.8 Å². The number of nitriles is 1. The van der Waals surface area contributed by atoms with Crippen molar-refractivity contribution in [1.82, 2.24) is 15.4 Å². The molecule has 0 saturated heterocycles. The van der Waals surface area contributed by atoms with Crippen LogP contribution in [-0.2, 0) is 0 Å². The van der Waals surface area contributed by atoms with Crippen molar-refractivity contribution < 1.29 is 13.2 Å². The van der Waals surface area contributed by atoms with E-state index in [1.807, 2.05) is 6.07 Å². The Kier molecular flexibility index (Phi) is 3.35. The predicted molar refractivity (Wildman–Crippen MR) is 71.8 cm³/mol. The van der Waals surface area contributed by atoms with Gasteiger partial charge in [-0.05, 0) is 23.8 Å². The Balaban J connectivity index is 2.14. The lowest BCUT2D eigenvalue weighted by atomic mass is 10.0. The van der Waals surface area contributed by atoms with Gasteiger partial charge >= 0.3 is 0 Å². The zero-order chi connectivity index (χ0) is 15.7. The molecule has 0 aliphatic heterocycles. The molecule has 3 rings (SSSR count). The number of aromatic amines is 1. The first kappa shape index (κ1) is 13.8. The Labute approximate surface area is 122 Å². The highest BCUT2D eigenvalue weighted by atomic mass is 19.2. The van der Waals surface area contributed by atoms with Crippen molar-refractivity contribution in [3.8, 4) is 28.5 Å². The largest absolute Gasteiger partial charge is 0.247 e. The number of hydrogen-bond acceptors (Lipinski definition) is 3. The zero-order valence-corrected chi connectivity index (χ0v) is 10.9. The van der Waals surface area contributed by atoms with Crippen molar-refractivity contribution in [1.29, 1.82) is 5.26 Å². The van der Waals surface area contributed by atoms with E-state index in [0.29, 0.717) is 16.8 Å². The predicted octanol–water partition coefficient (Wildman–Crippen LogP) is 3.43. The molecule has 0 aliphatic carbocycles. The fraction of sp³-hybridized carbons (Fsp3) is 0. The minimum atomic E-state index is -1.53. The summed E-state index contributed by atoms with van der Waals surface area (Å²) in [6, 6.07) is 10.2. The van der Waals surface area contributed by atoms with E-state index < -0.39 is 17.5 Å². The van der Waals surface area contributed by atoms with Gasteiger partial charge in [0.25, 0.3) is 0 Å². The summed E-state index contributed by atoms with van der Waals surface area (Å²) >= 11 is 0. The van der Waals surface area contributed by atoms with Crippen LogP contribution in [0.3, 0.4) is 0 Å². The van der Waals surface area contributed by atoms with Gasteiger partial charge in [0.15, 0.2) is 23.1 Å². The van der Waals surface area contributed by atoms with Crippen LogP contribution in [-0.4, -0.2) is 15.4 Å². The highest BCUT2D eigenvalue weighted by molar-refractivity contribution is 5.73. The van der Waals surface area contributed by atoms with Crippen molar-refractivity contribution in [3.05, 3.63) is 59.5 Å². The molecule has 2 aromatic carbocycles. The molecule has 0 atom stereocenters. The summed E-state index contributed by atoms with van der Waals surface area (Å²) in [5.74, 6) is -4.04. The van der Waals surface area contributed by atoms with E-state index in [9.17, 15) is 13.2 Å². The average molecular weight is 300 g/mol. The first-order valence-electron chi connectivity index (χ1n) is 6.17.